The van der Waals surface area contributed by atoms with Gasteiger partial charge in [-0.25, -0.2) is 4.39 Å². The van der Waals surface area contributed by atoms with Crippen LogP contribution in [0, 0.1) is 5.82 Å². The molecule has 0 amide bonds. The van der Waals surface area contributed by atoms with E-state index in [0.29, 0.717) is 0 Å². The van der Waals surface area contributed by atoms with Crippen molar-refractivity contribution in [3.8, 4) is 0 Å². The minimum Gasteiger partial charge on any atom is -0.394 e. The summed E-state index contributed by atoms with van der Waals surface area (Å²) in [7, 11) is 4.01. The molecule has 2 rings (SSSR count). The van der Waals surface area contributed by atoms with Gasteiger partial charge in [0.1, 0.15) is 5.82 Å². The number of likely N-dealkylation sites (N-methyl/N-ethyl adjacent to an activating group) is 1. The molecule has 1 atom stereocenters. The molecule has 1 aliphatic rings. The zero-order valence-electron chi connectivity index (χ0n) is 11.1. The Hall–Kier alpha value is -1.13. The molecule has 0 saturated carbocycles. The van der Waals surface area contributed by atoms with E-state index in [2.05, 4.69) is 9.80 Å². The molecule has 1 heterocycles. The molecule has 0 bridgehead atoms. The third kappa shape index (κ3) is 2.49. The van der Waals surface area contributed by atoms with Crippen LogP contribution in [0.1, 0.15) is 12.8 Å². The standard InChI is InChI=1S/C14H21FN2O/c1-16(2)14(11-18)8-3-9-17(10-14)13-6-4-12(15)5-7-13/h4-7,18H,3,8-11H2,1-2H3. The van der Waals surface area contributed by atoms with Crippen LogP contribution in [0.3, 0.4) is 0 Å². The molecule has 1 aliphatic heterocycles. The Morgan fingerprint density at radius 1 is 1.33 bits per heavy atom. The van der Waals surface area contributed by atoms with Gasteiger partial charge in [0.25, 0.3) is 0 Å². The van der Waals surface area contributed by atoms with Crippen molar-refractivity contribution in [1.82, 2.24) is 4.90 Å². The molecule has 0 radical (unpaired) electrons. The first-order chi connectivity index (χ1) is 8.57. The number of aliphatic hydroxyl groups is 1. The van der Waals surface area contributed by atoms with E-state index in [-0.39, 0.29) is 18.0 Å². The zero-order chi connectivity index (χ0) is 13.2. The topological polar surface area (TPSA) is 26.7 Å². The van der Waals surface area contributed by atoms with E-state index in [0.717, 1.165) is 31.6 Å². The van der Waals surface area contributed by atoms with Crippen molar-refractivity contribution in [2.45, 2.75) is 18.4 Å². The monoisotopic (exact) mass is 252 g/mol. The largest absolute Gasteiger partial charge is 0.394 e. The molecule has 0 spiro atoms. The average Bonchev–Trinajstić information content (AvgIpc) is 2.39. The number of anilines is 1. The molecule has 1 aromatic rings. The molecular formula is C14H21FN2O. The number of hydrogen-bond donors (Lipinski definition) is 1. The average molecular weight is 252 g/mol. The van der Waals surface area contributed by atoms with Crippen molar-refractivity contribution < 1.29 is 9.50 Å². The van der Waals surface area contributed by atoms with Gasteiger partial charge in [0, 0.05) is 18.8 Å². The first kappa shape index (κ1) is 13.3. The second-order valence-corrected chi connectivity index (χ2v) is 5.28. The molecule has 1 fully saturated rings. The van der Waals surface area contributed by atoms with Crippen molar-refractivity contribution in [3.05, 3.63) is 30.1 Å². The highest BCUT2D eigenvalue weighted by Gasteiger charge is 2.36. The summed E-state index contributed by atoms with van der Waals surface area (Å²) in [5.41, 5.74) is 0.836. The molecule has 18 heavy (non-hydrogen) atoms. The summed E-state index contributed by atoms with van der Waals surface area (Å²) in [5, 5.41) is 9.69. The number of piperidine rings is 1. The Balaban J connectivity index is 2.18. The van der Waals surface area contributed by atoms with Crippen molar-refractivity contribution in [2.75, 3.05) is 38.7 Å². The van der Waals surface area contributed by atoms with Crippen LogP contribution >= 0.6 is 0 Å². The molecule has 3 nitrogen and oxygen atoms in total. The second kappa shape index (κ2) is 5.24. The van der Waals surface area contributed by atoms with Crippen molar-refractivity contribution >= 4 is 5.69 Å². The van der Waals surface area contributed by atoms with Crippen LogP contribution in [-0.2, 0) is 0 Å². The van der Waals surface area contributed by atoms with Crippen LogP contribution in [0.4, 0.5) is 10.1 Å². The molecule has 4 heteroatoms. The van der Waals surface area contributed by atoms with E-state index in [1.54, 1.807) is 12.1 Å². The third-order valence-corrected chi connectivity index (χ3v) is 3.99. The number of nitrogens with zero attached hydrogens (tertiary/aromatic N) is 2. The van der Waals surface area contributed by atoms with E-state index >= 15 is 0 Å². The highest BCUT2D eigenvalue weighted by atomic mass is 19.1. The molecule has 1 aromatic carbocycles. The smallest absolute Gasteiger partial charge is 0.123 e. The number of benzene rings is 1. The maximum atomic E-state index is 12.9. The summed E-state index contributed by atoms with van der Waals surface area (Å²) in [4.78, 5) is 4.32. The van der Waals surface area contributed by atoms with E-state index in [1.807, 2.05) is 14.1 Å². The number of hydrogen-bond acceptors (Lipinski definition) is 3. The second-order valence-electron chi connectivity index (χ2n) is 5.28. The van der Waals surface area contributed by atoms with Crippen LogP contribution in [0.25, 0.3) is 0 Å². The van der Waals surface area contributed by atoms with E-state index in [9.17, 15) is 9.50 Å². The highest BCUT2D eigenvalue weighted by molar-refractivity contribution is 5.47. The molecule has 1 saturated heterocycles. The van der Waals surface area contributed by atoms with E-state index < -0.39 is 0 Å². The lowest BCUT2D eigenvalue weighted by molar-refractivity contribution is 0.0547. The maximum absolute atomic E-state index is 12.9. The van der Waals surface area contributed by atoms with Gasteiger partial charge in [-0.15, -0.1) is 0 Å². The van der Waals surface area contributed by atoms with Crippen LogP contribution in [0.2, 0.25) is 0 Å². The van der Waals surface area contributed by atoms with Gasteiger partial charge >= 0.3 is 0 Å². The Labute approximate surface area is 108 Å². The van der Waals surface area contributed by atoms with Gasteiger partial charge < -0.3 is 10.0 Å². The highest BCUT2D eigenvalue weighted by Crippen LogP contribution is 2.29. The molecule has 0 aliphatic carbocycles. The first-order valence-corrected chi connectivity index (χ1v) is 6.36. The summed E-state index contributed by atoms with van der Waals surface area (Å²) < 4.78 is 12.9. The Kier molecular flexibility index (Phi) is 3.88. The molecule has 0 aromatic heterocycles. The number of rotatable bonds is 3. The van der Waals surface area contributed by atoms with Crippen LogP contribution in [0.15, 0.2) is 24.3 Å². The van der Waals surface area contributed by atoms with Crippen molar-refractivity contribution in [3.63, 3.8) is 0 Å². The molecule has 1 unspecified atom stereocenters. The Morgan fingerprint density at radius 3 is 2.56 bits per heavy atom. The molecule has 100 valence electrons. The number of halogens is 1. The van der Waals surface area contributed by atoms with Gasteiger partial charge in [-0.05, 0) is 51.2 Å². The third-order valence-electron chi connectivity index (χ3n) is 3.99. The zero-order valence-corrected chi connectivity index (χ0v) is 11.1. The summed E-state index contributed by atoms with van der Waals surface area (Å²) >= 11 is 0. The molecular weight excluding hydrogens is 231 g/mol. The summed E-state index contributed by atoms with van der Waals surface area (Å²) in [6.45, 7) is 1.89. The minimum absolute atomic E-state index is 0.150. The van der Waals surface area contributed by atoms with Crippen LogP contribution in [0.5, 0.6) is 0 Å². The quantitative estimate of drug-likeness (QED) is 0.887. The predicted octanol–water partition coefficient (Wildman–Crippen LogP) is 1.72. The fourth-order valence-electron chi connectivity index (χ4n) is 2.62. The fraction of sp³-hybridized carbons (Fsp3) is 0.571. The summed E-state index contributed by atoms with van der Waals surface area (Å²) in [6.07, 6.45) is 2.03. The van der Waals surface area contributed by atoms with Gasteiger partial charge in [0.2, 0.25) is 0 Å². The number of aliphatic hydroxyl groups excluding tert-OH is 1. The molecule has 1 N–H and O–H groups in total. The van der Waals surface area contributed by atoms with Gasteiger partial charge in [0.05, 0.1) is 12.1 Å². The van der Waals surface area contributed by atoms with Crippen LogP contribution in [-0.4, -0.2) is 49.3 Å². The lowest BCUT2D eigenvalue weighted by Gasteiger charge is -2.46. The van der Waals surface area contributed by atoms with Gasteiger partial charge in [-0.1, -0.05) is 0 Å². The normalized spacial score (nSPS) is 24.6. The minimum atomic E-state index is -0.211. The predicted molar refractivity (Wildman–Crippen MR) is 71.4 cm³/mol. The van der Waals surface area contributed by atoms with Crippen molar-refractivity contribution in [1.29, 1.82) is 0 Å². The fourth-order valence-corrected chi connectivity index (χ4v) is 2.62. The Morgan fingerprint density at radius 2 is 2.00 bits per heavy atom. The maximum Gasteiger partial charge on any atom is 0.123 e. The van der Waals surface area contributed by atoms with Gasteiger partial charge in [-0.2, -0.15) is 0 Å². The Bertz CT molecular complexity index is 393. The first-order valence-electron chi connectivity index (χ1n) is 6.36. The van der Waals surface area contributed by atoms with Crippen LogP contribution < -0.4 is 4.90 Å². The van der Waals surface area contributed by atoms with Crippen molar-refractivity contribution in [2.24, 2.45) is 0 Å². The van der Waals surface area contributed by atoms with E-state index in [1.165, 1.54) is 12.1 Å². The lowest BCUT2D eigenvalue weighted by atomic mass is 9.88. The van der Waals surface area contributed by atoms with E-state index in [4.69, 9.17) is 0 Å². The summed E-state index contributed by atoms with van der Waals surface area (Å²) in [6, 6.07) is 6.58. The van der Waals surface area contributed by atoms with Gasteiger partial charge in [-0.3, -0.25) is 4.90 Å². The van der Waals surface area contributed by atoms with Gasteiger partial charge in [0.15, 0.2) is 0 Å². The SMILES string of the molecule is CN(C)C1(CO)CCCN(c2ccc(F)cc2)C1. The summed E-state index contributed by atoms with van der Waals surface area (Å²) in [5.74, 6) is -0.211. The lowest BCUT2D eigenvalue weighted by Crippen LogP contribution is -2.58.